The lowest BCUT2D eigenvalue weighted by Crippen LogP contribution is -2.50. The molecular weight excluding hydrogens is 230 g/mol. The molecule has 0 bridgehead atoms. The van der Waals surface area contributed by atoms with Gasteiger partial charge in [-0.2, -0.15) is 0 Å². The number of carbonyl (C=O) groups excluding carboxylic acids is 2. The molecule has 1 heterocycles. The lowest BCUT2D eigenvalue weighted by atomic mass is 10.0. The van der Waals surface area contributed by atoms with Crippen molar-refractivity contribution < 1.29 is 9.59 Å². The summed E-state index contributed by atoms with van der Waals surface area (Å²) in [6, 6.07) is -0.212. The monoisotopic (exact) mass is 255 g/mol. The van der Waals surface area contributed by atoms with Crippen LogP contribution < -0.4 is 11.1 Å². The van der Waals surface area contributed by atoms with Crippen molar-refractivity contribution in [1.29, 1.82) is 0 Å². The predicted octanol–water partition coefficient (Wildman–Crippen LogP) is 0.139. The van der Waals surface area contributed by atoms with Gasteiger partial charge in [0.05, 0.1) is 12.6 Å². The first kappa shape index (κ1) is 15.1. The Kier molecular flexibility index (Phi) is 5.75. The summed E-state index contributed by atoms with van der Waals surface area (Å²) < 4.78 is 0. The second-order valence-corrected chi connectivity index (χ2v) is 5.54. The first-order valence-electron chi connectivity index (χ1n) is 6.68. The Hall–Kier alpha value is -0.940. The molecule has 0 aromatic heterocycles. The molecule has 1 aliphatic heterocycles. The van der Waals surface area contributed by atoms with Crippen LogP contribution in [-0.4, -0.2) is 48.3 Å². The SMILES string of the molecule is CC(=O)C(NC(=O)CN1CCC[C@@H](N)C1)C(C)C. The Labute approximate surface area is 109 Å². The maximum atomic E-state index is 11.9. The standard InChI is InChI=1S/C13H25N3O2/c1-9(2)13(10(3)17)15-12(18)8-16-6-4-5-11(14)7-16/h9,11,13H,4-8,14H2,1-3H3,(H,15,18)/t11-,13?/m1/s1. The number of amides is 1. The highest BCUT2D eigenvalue weighted by atomic mass is 16.2. The van der Waals surface area contributed by atoms with Crippen molar-refractivity contribution in [2.24, 2.45) is 11.7 Å². The maximum Gasteiger partial charge on any atom is 0.234 e. The zero-order valence-corrected chi connectivity index (χ0v) is 11.6. The summed E-state index contributed by atoms with van der Waals surface area (Å²) in [6.07, 6.45) is 2.06. The van der Waals surface area contributed by atoms with Crippen molar-refractivity contribution in [3.8, 4) is 0 Å². The van der Waals surface area contributed by atoms with Crippen LogP contribution in [0.5, 0.6) is 0 Å². The number of nitrogens with zero attached hydrogens (tertiary/aromatic N) is 1. The van der Waals surface area contributed by atoms with E-state index in [0.717, 1.165) is 25.9 Å². The number of Topliss-reactive ketones (excluding diaryl/α,β-unsaturated/α-hetero) is 1. The number of hydrogen-bond donors (Lipinski definition) is 2. The van der Waals surface area contributed by atoms with Gasteiger partial charge in [-0.1, -0.05) is 13.8 Å². The number of carbonyl (C=O) groups is 2. The summed E-state index contributed by atoms with van der Waals surface area (Å²) in [5.41, 5.74) is 5.87. The predicted molar refractivity (Wildman–Crippen MR) is 71.1 cm³/mol. The average molecular weight is 255 g/mol. The molecule has 0 aromatic rings. The molecule has 1 aliphatic rings. The lowest BCUT2D eigenvalue weighted by Gasteiger charge is -2.30. The molecule has 1 amide bonds. The van der Waals surface area contributed by atoms with Crippen LogP contribution in [0.3, 0.4) is 0 Å². The number of rotatable bonds is 5. The minimum atomic E-state index is -0.379. The van der Waals surface area contributed by atoms with Gasteiger partial charge in [0.25, 0.3) is 0 Å². The molecule has 0 aliphatic carbocycles. The van der Waals surface area contributed by atoms with E-state index in [4.69, 9.17) is 5.73 Å². The molecule has 5 heteroatoms. The first-order chi connectivity index (χ1) is 8.40. The van der Waals surface area contributed by atoms with Crippen molar-refractivity contribution in [2.45, 2.75) is 45.7 Å². The van der Waals surface area contributed by atoms with Crippen LogP contribution in [0.1, 0.15) is 33.6 Å². The summed E-state index contributed by atoms with van der Waals surface area (Å²) >= 11 is 0. The van der Waals surface area contributed by atoms with Gasteiger partial charge < -0.3 is 11.1 Å². The number of nitrogens with two attached hydrogens (primary N) is 1. The first-order valence-corrected chi connectivity index (χ1v) is 6.68. The normalized spacial score (nSPS) is 22.8. The maximum absolute atomic E-state index is 11.9. The fraction of sp³-hybridized carbons (Fsp3) is 0.846. The quantitative estimate of drug-likeness (QED) is 0.732. The van der Waals surface area contributed by atoms with E-state index in [1.54, 1.807) is 0 Å². The van der Waals surface area contributed by atoms with Gasteiger partial charge in [-0.05, 0) is 32.2 Å². The topological polar surface area (TPSA) is 75.4 Å². The Bertz CT molecular complexity index is 305. The van der Waals surface area contributed by atoms with Gasteiger partial charge in [-0.3, -0.25) is 14.5 Å². The minimum Gasteiger partial charge on any atom is -0.345 e. The highest BCUT2D eigenvalue weighted by Gasteiger charge is 2.23. The van der Waals surface area contributed by atoms with E-state index in [0.29, 0.717) is 6.54 Å². The molecule has 2 atom stereocenters. The van der Waals surface area contributed by atoms with Crippen molar-refractivity contribution in [1.82, 2.24) is 10.2 Å². The van der Waals surface area contributed by atoms with E-state index in [2.05, 4.69) is 10.2 Å². The summed E-state index contributed by atoms with van der Waals surface area (Å²) in [4.78, 5) is 25.4. The van der Waals surface area contributed by atoms with Gasteiger partial charge >= 0.3 is 0 Å². The third kappa shape index (κ3) is 4.74. The van der Waals surface area contributed by atoms with Crippen LogP contribution in [0.4, 0.5) is 0 Å². The molecule has 1 rings (SSSR count). The molecule has 0 spiro atoms. The molecule has 1 fully saturated rings. The summed E-state index contributed by atoms with van der Waals surface area (Å²) in [5, 5.41) is 2.81. The fourth-order valence-corrected chi connectivity index (χ4v) is 2.39. The highest BCUT2D eigenvalue weighted by Crippen LogP contribution is 2.08. The van der Waals surface area contributed by atoms with Gasteiger partial charge in [-0.15, -0.1) is 0 Å². The summed E-state index contributed by atoms with van der Waals surface area (Å²) in [6.45, 7) is 7.39. The molecule has 104 valence electrons. The third-order valence-corrected chi connectivity index (χ3v) is 3.33. The third-order valence-electron chi connectivity index (χ3n) is 3.33. The van der Waals surface area contributed by atoms with Crippen LogP contribution in [0.25, 0.3) is 0 Å². The number of piperidine rings is 1. The van der Waals surface area contributed by atoms with Crippen molar-refractivity contribution in [3.05, 3.63) is 0 Å². The van der Waals surface area contributed by atoms with E-state index in [-0.39, 0.29) is 29.7 Å². The number of hydrogen-bond acceptors (Lipinski definition) is 4. The Morgan fingerprint density at radius 2 is 2.11 bits per heavy atom. The second-order valence-electron chi connectivity index (χ2n) is 5.54. The van der Waals surface area contributed by atoms with Crippen LogP contribution >= 0.6 is 0 Å². The number of nitrogens with one attached hydrogen (secondary N) is 1. The molecule has 3 N–H and O–H groups in total. The van der Waals surface area contributed by atoms with E-state index in [1.165, 1.54) is 6.92 Å². The van der Waals surface area contributed by atoms with Crippen molar-refractivity contribution in [2.75, 3.05) is 19.6 Å². The molecule has 18 heavy (non-hydrogen) atoms. The molecular formula is C13H25N3O2. The smallest absolute Gasteiger partial charge is 0.234 e. The van der Waals surface area contributed by atoms with E-state index in [9.17, 15) is 9.59 Å². The minimum absolute atomic E-state index is 0.00805. The molecule has 0 aromatic carbocycles. The molecule has 1 unspecified atom stereocenters. The lowest BCUT2D eigenvalue weighted by molar-refractivity contribution is -0.128. The molecule has 0 radical (unpaired) electrons. The van der Waals surface area contributed by atoms with Gasteiger partial charge in [0.2, 0.25) is 5.91 Å². The van der Waals surface area contributed by atoms with Crippen molar-refractivity contribution >= 4 is 11.7 Å². The zero-order valence-electron chi connectivity index (χ0n) is 11.6. The van der Waals surface area contributed by atoms with Crippen molar-refractivity contribution in [3.63, 3.8) is 0 Å². The average Bonchev–Trinajstić information content (AvgIpc) is 2.25. The Morgan fingerprint density at radius 1 is 1.44 bits per heavy atom. The second kappa shape index (κ2) is 6.85. The van der Waals surface area contributed by atoms with E-state index >= 15 is 0 Å². The Balaban J connectivity index is 2.42. The zero-order chi connectivity index (χ0) is 13.7. The number of ketones is 1. The van der Waals surface area contributed by atoms with Crippen LogP contribution in [-0.2, 0) is 9.59 Å². The van der Waals surface area contributed by atoms with Gasteiger partial charge in [-0.25, -0.2) is 0 Å². The Morgan fingerprint density at radius 3 is 2.61 bits per heavy atom. The van der Waals surface area contributed by atoms with Crippen LogP contribution in [0.15, 0.2) is 0 Å². The van der Waals surface area contributed by atoms with Gasteiger partial charge in [0.1, 0.15) is 0 Å². The van der Waals surface area contributed by atoms with E-state index in [1.807, 2.05) is 13.8 Å². The summed E-state index contributed by atoms with van der Waals surface area (Å²) in [7, 11) is 0. The molecule has 1 saturated heterocycles. The fourth-order valence-electron chi connectivity index (χ4n) is 2.39. The van der Waals surface area contributed by atoms with Gasteiger partial charge in [0.15, 0.2) is 5.78 Å². The van der Waals surface area contributed by atoms with Crippen LogP contribution in [0.2, 0.25) is 0 Å². The largest absolute Gasteiger partial charge is 0.345 e. The molecule has 0 saturated carbocycles. The highest BCUT2D eigenvalue weighted by molar-refractivity contribution is 5.88. The van der Waals surface area contributed by atoms with Gasteiger partial charge in [0, 0.05) is 12.6 Å². The molecule has 5 nitrogen and oxygen atoms in total. The number of likely N-dealkylation sites (tertiary alicyclic amines) is 1. The summed E-state index contributed by atoms with van der Waals surface area (Å²) in [5.74, 6) is 0.0433. The van der Waals surface area contributed by atoms with E-state index < -0.39 is 0 Å². The van der Waals surface area contributed by atoms with Crippen LogP contribution in [0, 0.1) is 5.92 Å².